The van der Waals surface area contributed by atoms with Crippen molar-refractivity contribution in [2.45, 2.75) is 25.7 Å². The minimum atomic E-state index is -4.23. The second-order valence-corrected chi connectivity index (χ2v) is 10.5. The van der Waals surface area contributed by atoms with Gasteiger partial charge in [0.1, 0.15) is 0 Å². The van der Waals surface area contributed by atoms with Gasteiger partial charge in [0.2, 0.25) is 0 Å². The summed E-state index contributed by atoms with van der Waals surface area (Å²) in [5, 5.41) is 0. The molecular formula is C5H15O4PSi. The van der Waals surface area contributed by atoms with Gasteiger partial charge in [0.25, 0.3) is 0 Å². The molecular weight excluding hydrogens is 183 g/mol. The lowest BCUT2D eigenvalue weighted by Crippen LogP contribution is -2.21. The fourth-order valence-corrected chi connectivity index (χ4v) is 1.69. The molecule has 0 spiro atoms. The maximum Gasteiger partial charge on any atom is 0.469 e. The van der Waals surface area contributed by atoms with Gasteiger partial charge in [-0.1, -0.05) is 19.6 Å². The van der Waals surface area contributed by atoms with Gasteiger partial charge >= 0.3 is 7.82 Å². The molecule has 4 nitrogen and oxygen atoms in total. The van der Waals surface area contributed by atoms with Crippen molar-refractivity contribution in [3.05, 3.63) is 0 Å². The molecule has 0 aromatic rings. The molecule has 0 saturated carbocycles. The molecule has 2 N–H and O–H groups in total. The van der Waals surface area contributed by atoms with Crippen molar-refractivity contribution in [3.63, 3.8) is 0 Å². The van der Waals surface area contributed by atoms with E-state index in [1.807, 2.05) is 0 Å². The third-order valence-electron chi connectivity index (χ3n) is 1.11. The zero-order valence-corrected chi connectivity index (χ0v) is 8.97. The molecule has 68 valence electrons. The molecule has 0 radical (unpaired) electrons. The first-order valence-electron chi connectivity index (χ1n) is 3.41. The van der Waals surface area contributed by atoms with Crippen LogP contribution in [0.5, 0.6) is 0 Å². The van der Waals surface area contributed by atoms with Crippen LogP contribution in [0.3, 0.4) is 0 Å². The van der Waals surface area contributed by atoms with Gasteiger partial charge < -0.3 is 9.79 Å². The monoisotopic (exact) mass is 198 g/mol. The summed E-state index contributed by atoms with van der Waals surface area (Å²) in [6.45, 7) is 6.53. The van der Waals surface area contributed by atoms with Gasteiger partial charge in [-0.3, -0.25) is 4.52 Å². The Labute approximate surface area is 67.8 Å². The Morgan fingerprint density at radius 3 is 2.09 bits per heavy atom. The molecule has 0 heterocycles. The quantitative estimate of drug-likeness (QED) is 0.529. The van der Waals surface area contributed by atoms with E-state index in [1.165, 1.54) is 0 Å². The second-order valence-electron chi connectivity index (χ2n) is 3.63. The van der Waals surface area contributed by atoms with Gasteiger partial charge in [-0.2, -0.15) is 0 Å². The predicted octanol–water partition coefficient (Wildman–Crippen LogP) is 1.43. The molecule has 6 heteroatoms. The number of hydrogen-bond acceptors (Lipinski definition) is 2. The largest absolute Gasteiger partial charge is 0.469 e. The van der Waals surface area contributed by atoms with Crippen molar-refractivity contribution in [1.82, 2.24) is 0 Å². The number of hydrogen-bond donors (Lipinski definition) is 2. The summed E-state index contributed by atoms with van der Waals surface area (Å²) in [6.07, 6.45) is 0. The van der Waals surface area contributed by atoms with Crippen molar-refractivity contribution < 1.29 is 18.9 Å². The van der Waals surface area contributed by atoms with Crippen LogP contribution in [0.4, 0.5) is 0 Å². The highest BCUT2D eigenvalue weighted by atomic mass is 31.2. The molecule has 0 saturated heterocycles. The SMILES string of the molecule is C[Si](C)(C)CCOP(=O)(O)O. The van der Waals surface area contributed by atoms with Crippen LogP contribution in [0.2, 0.25) is 25.7 Å². The van der Waals surface area contributed by atoms with Gasteiger partial charge in [-0.25, -0.2) is 4.57 Å². The minimum Gasteiger partial charge on any atom is -0.303 e. The van der Waals surface area contributed by atoms with Crippen LogP contribution >= 0.6 is 7.82 Å². The highest BCUT2D eigenvalue weighted by molar-refractivity contribution is 7.46. The molecule has 0 amide bonds. The Morgan fingerprint density at radius 1 is 1.36 bits per heavy atom. The van der Waals surface area contributed by atoms with E-state index in [9.17, 15) is 4.57 Å². The zero-order valence-electron chi connectivity index (χ0n) is 7.07. The topological polar surface area (TPSA) is 66.8 Å². The van der Waals surface area contributed by atoms with Crippen LogP contribution in [0.1, 0.15) is 0 Å². The first-order valence-corrected chi connectivity index (χ1v) is 8.64. The normalized spacial score (nSPS) is 13.5. The van der Waals surface area contributed by atoms with E-state index in [-0.39, 0.29) is 6.61 Å². The molecule has 0 aromatic heterocycles. The average molecular weight is 198 g/mol. The molecule has 0 bridgehead atoms. The van der Waals surface area contributed by atoms with Crippen LogP contribution < -0.4 is 0 Å². The molecule has 0 aromatic carbocycles. The van der Waals surface area contributed by atoms with E-state index in [1.54, 1.807) is 0 Å². The van der Waals surface area contributed by atoms with Crippen molar-refractivity contribution in [2.75, 3.05) is 6.61 Å². The van der Waals surface area contributed by atoms with E-state index >= 15 is 0 Å². The fourth-order valence-electron chi connectivity index (χ4n) is 0.471. The Kier molecular flexibility index (Phi) is 3.94. The fraction of sp³-hybridized carbons (Fsp3) is 1.00. The van der Waals surface area contributed by atoms with Gasteiger partial charge in [-0.15, -0.1) is 0 Å². The van der Waals surface area contributed by atoms with Gasteiger partial charge in [-0.05, 0) is 6.04 Å². The van der Waals surface area contributed by atoms with Crippen LogP contribution in [-0.4, -0.2) is 24.5 Å². The zero-order chi connectivity index (χ0) is 9.12. The summed E-state index contributed by atoms with van der Waals surface area (Å²) >= 11 is 0. The molecule has 0 unspecified atom stereocenters. The lowest BCUT2D eigenvalue weighted by atomic mass is 10.9. The van der Waals surface area contributed by atoms with Crippen molar-refractivity contribution in [1.29, 1.82) is 0 Å². The number of phosphoric acid groups is 1. The second kappa shape index (κ2) is 3.82. The van der Waals surface area contributed by atoms with Gasteiger partial charge in [0.05, 0.1) is 6.61 Å². The van der Waals surface area contributed by atoms with E-state index in [0.717, 1.165) is 6.04 Å². The molecule has 0 atom stereocenters. The summed E-state index contributed by atoms with van der Waals surface area (Å²) in [4.78, 5) is 16.6. The van der Waals surface area contributed by atoms with Crippen molar-refractivity contribution >= 4 is 15.9 Å². The molecule has 0 rings (SSSR count). The molecule has 11 heavy (non-hydrogen) atoms. The molecule has 0 aliphatic heterocycles. The third kappa shape index (κ3) is 10.3. The Balaban J connectivity index is 3.52. The average Bonchev–Trinajstić information content (AvgIpc) is 1.55. The van der Waals surface area contributed by atoms with Crippen LogP contribution in [0.25, 0.3) is 0 Å². The third-order valence-corrected chi connectivity index (χ3v) is 3.33. The smallest absolute Gasteiger partial charge is 0.303 e. The highest BCUT2D eigenvalue weighted by Gasteiger charge is 2.17. The number of phosphoric ester groups is 1. The first-order chi connectivity index (χ1) is 4.71. The first kappa shape index (κ1) is 11.3. The lowest BCUT2D eigenvalue weighted by molar-refractivity contribution is 0.206. The summed E-state index contributed by atoms with van der Waals surface area (Å²) < 4.78 is 14.5. The van der Waals surface area contributed by atoms with Crippen LogP contribution in [-0.2, 0) is 9.09 Å². The van der Waals surface area contributed by atoms with Gasteiger partial charge in [0, 0.05) is 8.07 Å². The minimum absolute atomic E-state index is 0.167. The maximum absolute atomic E-state index is 10.2. The standard InChI is InChI=1S/C5H15O4PSi/c1-11(2,3)5-4-9-10(6,7)8/h4-5H2,1-3H3,(H2,6,7,8). The predicted molar refractivity (Wildman–Crippen MR) is 46.1 cm³/mol. The van der Waals surface area contributed by atoms with Crippen LogP contribution in [0, 0.1) is 0 Å². The van der Waals surface area contributed by atoms with Crippen molar-refractivity contribution in [3.8, 4) is 0 Å². The molecule has 0 fully saturated rings. The maximum atomic E-state index is 10.2. The van der Waals surface area contributed by atoms with E-state index in [4.69, 9.17) is 9.79 Å². The molecule has 0 aliphatic rings. The highest BCUT2D eigenvalue weighted by Crippen LogP contribution is 2.36. The summed E-state index contributed by atoms with van der Waals surface area (Å²) in [7, 11) is -5.45. The van der Waals surface area contributed by atoms with Crippen LogP contribution in [0.15, 0.2) is 0 Å². The van der Waals surface area contributed by atoms with E-state index < -0.39 is 15.9 Å². The summed E-state index contributed by atoms with van der Waals surface area (Å²) in [5.74, 6) is 0. The Morgan fingerprint density at radius 2 is 1.82 bits per heavy atom. The Hall–Kier alpha value is 0.327. The molecule has 0 aliphatic carbocycles. The Bertz CT molecular complexity index is 158. The van der Waals surface area contributed by atoms with Crippen molar-refractivity contribution in [2.24, 2.45) is 0 Å². The number of rotatable bonds is 4. The van der Waals surface area contributed by atoms with E-state index in [2.05, 4.69) is 24.2 Å². The summed E-state index contributed by atoms with van der Waals surface area (Å²) in [5.41, 5.74) is 0. The lowest BCUT2D eigenvalue weighted by Gasteiger charge is -2.15. The summed E-state index contributed by atoms with van der Waals surface area (Å²) in [6, 6.07) is 0.776. The van der Waals surface area contributed by atoms with Gasteiger partial charge in [0.15, 0.2) is 0 Å². The van der Waals surface area contributed by atoms with E-state index in [0.29, 0.717) is 0 Å².